The van der Waals surface area contributed by atoms with Gasteiger partial charge in [-0.2, -0.15) is 0 Å². The summed E-state index contributed by atoms with van der Waals surface area (Å²) in [5.41, 5.74) is 0. The first-order chi connectivity index (χ1) is 7.22. The van der Waals surface area contributed by atoms with Crippen LogP contribution in [-0.4, -0.2) is 50.8 Å². The number of likely N-dealkylation sites (N-methyl/N-ethyl adjacent to an activating group) is 1. The van der Waals surface area contributed by atoms with Crippen LogP contribution in [-0.2, 0) is 4.74 Å². The lowest BCUT2D eigenvalue weighted by atomic mass is 10.3. The second-order valence-electron chi connectivity index (χ2n) is 4.08. The lowest BCUT2D eigenvalue weighted by molar-refractivity contribution is 0.110. The van der Waals surface area contributed by atoms with E-state index in [1.54, 1.807) is 0 Å². The molecule has 0 radical (unpaired) electrons. The standard InChI is InChI=1S/C12H28N2O/c1-5-7-8-13-11-12(3)14(4)9-10-15-6-2/h12-13H,5-11H2,1-4H3. The van der Waals surface area contributed by atoms with E-state index < -0.39 is 0 Å². The number of ether oxygens (including phenoxy) is 1. The molecule has 0 spiro atoms. The number of hydrogen-bond donors (Lipinski definition) is 1. The highest BCUT2D eigenvalue weighted by Crippen LogP contribution is 1.94. The van der Waals surface area contributed by atoms with E-state index in [0.29, 0.717) is 6.04 Å². The van der Waals surface area contributed by atoms with Gasteiger partial charge in [-0.3, -0.25) is 0 Å². The van der Waals surface area contributed by atoms with Crippen LogP contribution in [0.4, 0.5) is 0 Å². The third-order valence-corrected chi connectivity index (χ3v) is 2.69. The molecule has 0 amide bonds. The Morgan fingerprint density at radius 2 is 2.07 bits per heavy atom. The molecule has 1 atom stereocenters. The molecule has 1 unspecified atom stereocenters. The van der Waals surface area contributed by atoms with Crippen molar-refractivity contribution in [3.8, 4) is 0 Å². The van der Waals surface area contributed by atoms with Gasteiger partial charge in [-0.15, -0.1) is 0 Å². The molecule has 0 saturated heterocycles. The fraction of sp³-hybridized carbons (Fsp3) is 1.00. The van der Waals surface area contributed by atoms with Crippen LogP contribution in [0.15, 0.2) is 0 Å². The SMILES string of the molecule is CCCCNCC(C)N(C)CCOCC. The maximum Gasteiger partial charge on any atom is 0.0593 e. The molecule has 0 aromatic heterocycles. The summed E-state index contributed by atoms with van der Waals surface area (Å²) in [4.78, 5) is 2.34. The topological polar surface area (TPSA) is 24.5 Å². The molecule has 0 bridgehead atoms. The maximum absolute atomic E-state index is 5.34. The van der Waals surface area contributed by atoms with Crippen molar-refractivity contribution in [2.75, 3.05) is 39.9 Å². The first-order valence-electron chi connectivity index (χ1n) is 6.21. The van der Waals surface area contributed by atoms with E-state index in [9.17, 15) is 0 Å². The molecule has 1 N–H and O–H groups in total. The Morgan fingerprint density at radius 1 is 1.33 bits per heavy atom. The monoisotopic (exact) mass is 216 g/mol. The molecular weight excluding hydrogens is 188 g/mol. The number of hydrogen-bond acceptors (Lipinski definition) is 3. The maximum atomic E-state index is 5.34. The van der Waals surface area contributed by atoms with Gasteiger partial charge < -0.3 is 15.0 Å². The molecule has 0 aliphatic heterocycles. The van der Waals surface area contributed by atoms with Gasteiger partial charge in [0.15, 0.2) is 0 Å². The van der Waals surface area contributed by atoms with E-state index >= 15 is 0 Å². The lowest BCUT2D eigenvalue weighted by Crippen LogP contribution is -2.39. The van der Waals surface area contributed by atoms with Crippen LogP contribution in [0.25, 0.3) is 0 Å². The van der Waals surface area contributed by atoms with E-state index in [2.05, 4.69) is 31.1 Å². The summed E-state index contributed by atoms with van der Waals surface area (Å²) in [5, 5.41) is 3.47. The van der Waals surface area contributed by atoms with E-state index in [1.165, 1.54) is 12.8 Å². The van der Waals surface area contributed by atoms with Gasteiger partial charge in [0.1, 0.15) is 0 Å². The molecule has 0 heterocycles. The van der Waals surface area contributed by atoms with Crippen molar-refractivity contribution < 1.29 is 4.74 Å². The van der Waals surface area contributed by atoms with Crippen molar-refractivity contribution in [1.29, 1.82) is 0 Å². The van der Waals surface area contributed by atoms with E-state index in [-0.39, 0.29) is 0 Å². The molecule has 3 nitrogen and oxygen atoms in total. The predicted molar refractivity (Wildman–Crippen MR) is 66.4 cm³/mol. The highest BCUT2D eigenvalue weighted by atomic mass is 16.5. The van der Waals surface area contributed by atoms with Crippen molar-refractivity contribution in [2.24, 2.45) is 0 Å². The minimum atomic E-state index is 0.585. The summed E-state index contributed by atoms with van der Waals surface area (Å²) in [6.45, 7) is 11.4. The van der Waals surface area contributed by atoms with Crippen LogP contribution < -0.4 is 5.32 Å². The zero-order valence-corrected chi connectivity index (χ0v) is 10.9. The predicted octanol–water partition coefficient (Wildman–Crippen LogP) is 1.73. The minimum Gasteiger partial charge on any atom is -0.380 e. The Hall–Kier alpha value is -0.120. The summed E-state index contributed by atoms with van der Waals surface area (Å²) >= 11 is 0. The molecule has 0 saturated carbocycles. The molecule has 15 heavy (non-hydrogen) atoms. The normalized spacial score (nSPS) is 13.4. The first-order valence-corrected chi connectivity index (χ1v) is 6.21. The Morgan fingerprint density at radius 3 is 2.67 bits per heavy atom. The van der Waals surface area contributed by atoms with Crippen molar-refractivity contribution in [3.05, 3.63) is 0 Å². The van der Waals surface area contributed by atoms with Gasteiger partial charge in [0.25, 0.3) is 0 Å². The van der Waals surface area contributed by atoms with Gasteiger partial charge in [0.05, 0.1) is 6.61 Å². The summed E-state index contributed by atoms with van der Waals surface area (Å²) in [5.74, 6) is 0. The second kappa shape index (κ2) is 10.4. The Labute approximate surface area is 95.2 Å². The van der Waals surface area contributed by atoms with Gasteiger partial charge >= 0.3 is 0 Å². The fourth-order valence-corrected chi connectivity index (χ4v) is 1.34. The molecule has 0 rings (SSSR count). The smallest absolute Gasteiger partial charge is 0.0593 e. The van der Waals surface area contributed by atoms with Crippen LogP contribution in [0.3, 0.4) is 0 Å². The van der Waals surface area contributed by atoms with Crippen molar-refractivity contribution >= 4 is 0 Å². The average molecular weight is 216 g/mol. The Kier molecular flexibility index (Phi) is 10.3. The van der Waals surface area contributed by atoms with E-state index in [4.69, 9.17) is 4.74 Å². The lowest BCUT2D eigenvalue weighted by Gasteiger charge is -2.24. The van der Waals surface area contributed by atoms with Gasteiger partial charge in [0, 0.05) is 25.7 Å². The van der Waals surface area contributed by atoms with Crippen LogP contribution in [0.2, 0.25) is 0 Å². The van der Waals surface area contributed by atoms with Crippen LogP contribution in [0, 0.1) is 0 Å². The highest BCUT2D eigenvalue weighted by Gasteiger charge is 2.07. The van der Waals surface area contributed by atoms with Gasteiger partial charge in [0.2, 0.25) is 0 Å². The number of rotatable bonds is 10. The van der Waals surface area contributed by atoms with Crippen molar-refractivity contribution in [1.82, 2.24) is 10.2 Å². The number of unbranched alkanes of at least 4 members (excludes halogenated alkanes) is 1. The van der Waals surface area contributed by atoms with Crippen LogP contribution >= 0.6 is 0 Å². The zero-order chi connectivity index (χ0) is 11.5. The molecule has 0 aromatic rings. The van der Waals surface area contributed by atoms with Crippen LogP contribution in [0.1, 0.15) is 33.6 Å². The first kappa shape index (κ1) is 14.9. The second-order valence-corrected chi connectivity index (χ2v) is 4.08. The summed E-state index contributed by atoms with van der Waals surface area (Å²) in [7, 11) is 2.16. The Balaban J connectivity index is 3.38. The zero-order valence-electron chi connectivity index (χ0n) is 10.9. The summed E-state index contributed by atoms with van der Waals surface area (Å²) in [6.07, 6.45) is 2.54. The highest BCUT2D eigenvalue weighted by molar-refractivity contribution is 4.65. The largest absolute Gasteiger partial charge is 0.380 e. The summed E-state index contributed by atoms with van der Waals surface area (Å²) < 4.78 is 5.34. The third-order valence-electron chi connectivity index (χ3n) is 2.69. The molecular formula is C12H28N2O. The van der Waals surface area contributed by atoms with E-state index in [0.717, 1.165) is 32.8 Å². The van der Waals surface area contributed by atoms with Crippen molar-refractivity contribution in [3.63, 3.8) is 0 Å². The molecule has 3 heteroatoms. The summed E-state index contributed by atoms with van der Waals surface area (Å²) in [6, 6.07) is 0.585. The third kappa shape index (κ3) is 8.85. The Bertz CT molecular complexity index is 131. The number of nitrogens with zero attached hydrogens (tertiary/aromatic N) is 1. The molecule has 0 aliphatic rings. The van der Waals surface area contributed by atoms with Gasteiger partial charge in [-0.25, -0.2) is 0 Å². The average Bonchev–Trinajstić information content (AvgIpc) is 2.24. The quantitative estimate of drug-likeness (QED) is 0.563. The van der Waals surface area contributed by atoms with Gasteiger partial charge in [-0.05, 0) is 33.9 Å². The molecule has 0 aliphatic carbocycles. The van der Waals surface area contributed by atoms with E-state index in [1.807, 2.05) is 6.92 Å². The molecule has 92 valence electrons. The fourth-order valence-electron chi connectivity index (χ4n) is 1.34. The number of nitrogens with one attached hydrogen (secondary N) is 1. The van der Waals surface area contributed by atoms with Gasteiger partial charge in [-0.1, -0.05) is 13.3 Å². The minimum absolute atomic E-state index is 0.585. The van der Waals surface area contributed by atoms with Crippen LogP contribution in [0.5, 0.6) is 0 Å². The molecule has 0 fully saturated rings. The molecule has 0 aromatic carbocycles. The van der Waals surface area contributed by atoms with Crippen molar-refractivity contribution in [2.45, 2.75) is 39.7 Å².